The van der Waals surface area contributed by atoms with Crippen molar-refractivity contribution in [3.05, 3.63) is 114 Å². The van der Waals surface area contributed by atoms with Crippen LogP contribution in [0.1, 0.15) is 27.0 Å². The van der Waals surface area contributed by atoms with E-state index in [0.29, 0.717) is 17.8 Å². The van der Waals surface area contributed by atoms with Crippen molar-refractivity contribution in [3.63, 3.8) is 0 Å². The second-order valence-corrected chi connectivity index (χ2v) is 8.67. The molecule has 6 rings (SSSR count). The third-order valence-corrected chi connectivity index (χ3v) is 6.19. The first-order chi connectivity index (χ1) is 17.6. The van der Waals surface area contributed by atoms with Crippen LogP contribution >= 0.6 is 0 Å². The highest BCUT2D eigenvalue weighted by Gasteiger charge is 2.25. The number of aromatic nitrogens is 3. The molecule has 0 spiro atoms. The molecule has 36 heavy (non-hydrogen) atoms. The molecule has 1 amide bonds. The van der Waals surface area contributed by atoms with Gasteiger partial charge in [0.1, 0.15) is 6.04 Å². The minimum Gasteiger partial charge on any atom is -0.467 e. The average molecular weight is 479 g/mol. The predicted octanol–water partition coefficient (Wildman–Crippen LogP) is 4.10. The topological polar surface area (TPSA) is 86.1 Å². The molecular weight excluding hydrogens is 452 g/mol. The molecule has 4 aromatic rings. The largest absolute Gasteiger partial charge is 0.467 e. The second kappa shape index (κ2) is 10.4. The van der Waals surface area contributed by atoms with Gasteiger partial charge in [-0.25, -0.2) is 14.5 Å². The van der Waals surface area contributed by atoms with Gasteiger partial charge >= 0.3 is 5.97 Å². The van der Waals surface area contributed by atoms with Crippen LogP contribution in [0.5, 0.6) is 0 Å². The highest BCUT2D eigenvalue weighted by Crippen LogP contribution is 2.21. The smallest absolute Gasteiger partial charge is 0.328 e. The van der Waals surface area contributed by atoms with E-state index < -0.39 is 17.9 Å². The number of nitrogens with one attached hydrogen (secondary N) is 1. The lowest BCUT2D eigenvalue weighted by atomic mass is 10.0. The first-order valence-electron chi connectivity index (χ1n) is 11.8. The monoisotopic (exact) mass is 478 g/mol. The Labute approximate surface area is 209 Å². The Bertz CT molecular complexity index is 1420. The molecule has 0 fully saturated rings. The summed E-state index contributed by atoms with van der Waals surface area (Å²) in [6, 6.07) is 20.7. The van der Waals surface area contributed by atoms with Gasteiger partial charge in [-0.05, 0) is 53.8 Å². The van der Waals surface area contributed by atoms with Crippen LogP contribution in [0, 0.1) is 0 Å². The first kappa shape index (κ1) is 23.2. The Hall–Kier alpha value is -4.52. The van der Waals surface area contributed by atoms with Gasteiger partial charge in [-0.15, -0.1) is 0 Å². The Morgan fingerprint density at radius 3 is 2.56 bits per heavy atom. The quantitative estimate of drug-likeness (QED) is 0.329. The fourth-order valence-corrected chi connectivity index (χ4v) is 4.27. The minimum absolute atomic E-state index is 0.310. The summed E-state index contributed by atoms with van der Waals surface area (Å²) in [5.41, 5.74) is 5.35. The molecule has 0 aliphatic carbocycles. The van der Waals surface area contributed by atoms with Crippen LogP contribution in [0.25, 0.3) is 17.1 Å². The standard InChI is InChI=1S/C29H26N4O3/c1-36-29(35)26-19-22-13-11-20(12-14-22)6-2-3-7-21-8-4-9-23(18-21)25-15-17-33(32-25)27-24(28(34)31-26)10-5-16-30-27/h2-5,8-18,26H,6-7,19H2,1H3,(H,31,34)/b3-2-/t26-/m0/s1. The molecule has 0 saturated carbocycles. The lowest BCUT2D eigenvalue weighted by molar-refractivity contribution is -0.142. The van der Waals surface area contributed by atoms with Gasteiger partial charge < -0.3 is 10.1 Å². The minimum atomic E-state index is -0.845. The highest BCUT2D eigenvalue weighted by atomic mass is 16.5. The maximum absolute atomic E-state index is 13.3. The van der Waals surface area contributed by atoms with E-state index in [0.717, 1.165) is 29.7 Å². The summed E-state index contributed by atoms with van der Waals surface area (Å²) in [5.74, 6) is -0.560. The van der Waals surface area contributed by atoms with Crippen molar-refractivity contribution in [3.8, 4) is 17.1 Å². The fraction of sp³-hybridized carbons (Fsp3) is 0.172. The summed E-state index contributed by atoms with van der Waals surface area (Å²) in [6.45, 7) is 0. The molecule has 2 aliphatic rings. The molecule has 1 N–H and O–H groups in total. The number of pyridine rings is 1. The summed E-state index contributed by atoms with van der Waals surface area (Å²) >= 11 is 0. The van der Waals surface area contributed by atoms with Gasteiger partial charge in [-0.3, -0.25) is 4.79 Å². The van der Waals surface area contributed by atoms with Crippen molar-refractivity contribution in [2.24, 2.45) is 0 Å². The SMILES string of the molecule is COC(=O)[C@@H]1Cc2ccc(cc2)C/C=C\Cc2cccc(c2)-c2ccn(n2)-c2ncccc2C(=O)N1. The molecule has 2 aromatic carbocycles. The Morgan fingerprint density at radius 1 is 0.972 bits per heavy atom. The number of esters is 1. The maximum Gasteiger partial charge on any atom is 0.328 e. The van der Waals surface area contributed by atoms with Crippen LogP contribution in [0.15, 0.2) is 91.3 Å². The van der Waals surface area contributed by atoms with Gasteiger partial charge in [0.2, 0.25) is 0 Å². The zero-order valence-electron chi connectivity index (χ0n) is 19.9. The van der Waals surface area contributed by atoms with Gasteiger partial charge in [0.15, 0.2) is 5.82 Å². The molecule has 2 aromatic heterocycles. The third kappa shape index (κ3) is 5.10. The van der Waals surface area contributed by atoms with Gasteiger partial charge in [-0.2, -0.15) is 5.10 Å². The Balaban J connectivity index is 1.56. The van der Waals surface area contributed by atoms with Crippen LogP contribution in [0.3, 0.4) is 0 Å². The van der Waals surface area contributed by atoms with E-state index in [1.54, 1.807) is 29.2 Å². The number of amides is 1. The molecule has 7 heteroatoms. The number of carbonyl (C=O) groups excluding carboxylic acids is 2. The molecule has 2 aliphatic heterocycles. The molecule has 4 heterocycles. The van der Waals surface area contributed by atoms with Crippen molar-refractivity contribution in [1.29, 1.82) is 0 Å². The number of benzene rings is 2. The van der Waals surface area contributed by atoms with E-state index in [2.05, 4.69) is 34.6 Å². The number of carbonyl (C=O) groups is 2. The number of hydrogen-bond acceptors (Lipinski definition) is 5. The number of methoxy groups -OCH3 is 1. The lowest BCUT2D eigenvalue weighted by Gasteiger charge is -2.18. The summed E-state index contributed by atoms with van der Waals surface area (Å²) in [5, 5.41) is 7.52. The maximum atomic E-state index is 13.3. The highest BCUT2D eigenvalue weighted by molar-refractivity contribution is 5.99. The van der Waals surface area contributed by atoms with E-state index in [-0.39, 0.29) is 0 Å². The van der Waals surface area contributed by atoms with Crippen molar-refractivity contribution < 1.29 is 14.3 Å². The Kier molecular flexibility index (Phi) is 6.71. The lowest BCUT2D eigenvalue weighted by Crippen LogP contribution is -2.43. The normalized spacial score (nSPS) is 16.5. The zero-order chi connectivity index (χ0) is 24.9. The second-order valence-electron chi connectivity index (χ2n) is 8.67. The third-order valence-electron chi connectivity index (χ3n) is 6.19. The molecule has 0 radical (unpaired) electrons. The van der Waals surface area contributed by atoms with Gasteiger partial charge in [0.25, 0.3) is 5.91 Å². The van der Waals surface area contributed by atoms with Crippen LogP contribution in [-0.4, -0.2) is 39.8 Å². The molecule has 0 unspecified atom stereocenters. The van der Waals surface area contributed by atoms with E-state index in [1.807, 2.05) is 42.5 Å². The van der Waals surface area contributed by atoms with Crippen LogP contribution in [0.2, 0.25) is 0 Å². The van der Waals surface area contributed by atoms with Crippen LogP contribution in [0.4, 0.5) is 0 Å². The summed E-state index contributed by atoms with van der Waals surface area (Å²) < 4.78 is 6.56. The number of hydrogen-bond donors (Lipinski definition) is 1. The van der Waals surface area contributed by atoms with E-state index in [9.17, 15) is 9.59 Å². The average Bonchev–Trinajstić information content (AvgIpc) is 3.41. The molecular formula is C29H26N4O3. The van der Waals surface area contributed by atoms with Crippen molar-refractivity contribution in [2.75, 3.05) is 7.11 Å². The summed E-state index contributed by atoms with van der Waals surface area (Å²) in [4.78, 5) is 30.3. The van der Waals surface area contributed by atoms with Gasteiger partial charge in [0, 0.05) is 24.4 Å². The Morgan fingerprint density at radius 2 is 1.75 bits per heavy atom. The summed E-state index contributed by atoms with van der Waals surface area (Å²) in [6.07, 6.45) is 9.66. The van der Waals surface area contributed by atoms with Crippen molar-refractivity contribution in [2.45, 2.75) is 25.3 Å². The van der Waals surface area contributed by atoms with E-state index in [4.69, 9.17) is 9.84 Å². The number of nitrogens with zero attached hydrogens (tertiary/aromatic N) is 3. The molecule has 0 saturated heterocycles. The van der Waals surface area contributed by atoms with Crippen LogP contribution < -0.4 is 5.32 Å². The number of allylic oxidation sites excluding steroid dienone is 2. The molecule has 1 atom stereocenters. The summed E-state index contributed by atoms with van der Waals surface area (Å²) in [7, 11) is 1.32. The number of rotatable bonds is 1. The van der Waals surface area contributed by atoms with Crippen LogP contribution in [-0.2, 0) is 28.8 Å². The first-order valence-corrected chi connectivity index (χ1v) is 11.8. The molecule has 6 bridgehead atoms. The predicted molar refractivity (Wildman–Crippen MR) is 137 cm³/mol. The van der Waals surface area contributed by atoms with Gasteiger partial charge in [0.05, 0.1) is 18.4 Å². The molecule has 180 valence electrons. The van der Waals surface area contributed by atoms with E-state index in [1.165, 1.54) is 18.2 Å². The van der Waals surface area contributed by atoms with Gasteiger partial charge in [-0.1, -0.05) is 54.6 Å². The van der Waals surface area contributed by atoms with Crippen molar-refractivity contribution >= 4 is 11.9 Å². The van der Waals surface area contributed by atoms with Crippen molar-refractivity contribution in [1.82, 2.24) is 20.1 Å². The van der Waals surface area contributed by atoms with E-state index >= 15 is 0 Å². The zero-order valence-corrected chi connectivity index (χ0v) is 19.9. The number of ether oxygens (including phenoxy) is 1. The fourth-order valence-electron chi connectivity index (χ4n) is 4.27. The number of fused-ring (bicyclic) bond motifs is 7. The molecule has 7 nitrogen and oxygen atoms in total.